The number of amides is 2. The van der Waals surface area contributed by atoms with Crippen molar-refractivity contribution in [2.24, 2.45) is 5.92 Å². The van der Waals surface area contributed by atoms with E-state index in [0.717, 1.165) is 29.7 Å². The van der Waals surface area contributed by atoms with Crippen molar-refractivity contribution in [3.8, 4) is 5.75 Å². The van der Waals surface area contributed by atoms with Crippen LogP contribution in [0.4, 0.5) is 0 Å². The normalized spacial score (nSPS) is 21.7. The molecular formula is C24H28N2O3. The van der Waals surface area contributed by atoms with Gasteiger partial charge in [-0.2, -0.15) is 0 Å². The van der Waals surface area contributed by atoms with Crippen molar-refractivity contribution in [2.75, 3.05) is 20.2 Å². The van der Waals surface area contributed by atoms with Crippen LogP contribution in [0.5, 0.6) is 5.75 Å². The van der Waals surface area contributed by atoms with E-state index in [9.17, 15) is 9.59 Å². The summed E-state index contributed by atoms with van der Waals surface area (Å²) in [5, 5.41) is 0. The highest BCUT2D eigenvalue weighted by Crippen LogP contribution is 2.33. The second-order valence-corrected chi connectivity index (χ2v) is 8.12. The van der Waals surface area contributed by atoms with Gasteiger partial charge in [-0.05, 0) is 55.0 Å². The first-order chi connectivity index (χ1) is 14.1. The summed E-state index contributed by atoms with van der Waals surface area (Å²) in [6, 6.07) is 15.8. The number of ether oxygens (including phenoxy) is 1. The Morgan fingerprint density at radius 2 is 1.93 bits per heavy atom. The van der Waals surface area contributed by atoms with E-state index in [-0.39, 0.29) is 17.9 Å². The number of hydrogen-bond donors (Lipinski definition) is 0. The summed E-state index contributed by atoms with van der Waals surface area (Å²) in [6.07, 6.45) is 2.49. The molecule has 0 aromatic heterocycles. The van der Waals surface area contributed by atoms with Gasteiger partial charge >= 0.3 is 0 Å². The molecule has 0 aliphatic carbocycles. The van der Waals surface area contributed by atoms with E-state index >= 15 is 0 Å². The molecule has 0 bridgehead atoms. The molecule has 0 spiro atoms. The first kappa shape index (κ1) is 19.5. The quantitative estimate of drug-likeness (QED) is 0.798. The summed E-state index contributed by atoms with van der Waals surface area (Å²) in [4.78, 5) is 30.0. The van der Waals surface area contributed by atoms with Crippen molar-refractivity contribution in [1.29, 1.82) is 0 Å². The van der Waals surface area contributed by atoms with E-state index < -0.39 is 0 Å². The second-order valence-electron chi connectivity index (χ2n) is 8.12. The zero-order valence-corrected chi connectivity index (χ0v) is 17.1. The zero-order chi connectivity index (χ0) is 20.4. The molecular weight excluding hydrogens is 364 g/mol. The molecule has 4 rings (SSSR count). The van der Waals surface area contributed by atoms with Crippen molar-refractivity contribution < 1.29 is 14.3 Å². The predicted molar refractivity (Wildman–Crippen MR) is 112 cm³/mol. The summed E-state index contributed by atoms with van der Waals surface area (Å²) in [6.45, 7) is 3.88. The molecule has 152 valence electrons. The molecule has 0 unspecified atom stereocenters. The van der Waals surface area contributed by atoms with Crippen LogP contribution in [0.15, 0.2) is 48.5 Å². The molecule has 2 amide bonds. The van der Waals surface area contributed by atoms with Gasteiger partial charge in [-0.3, -0.25) is 9.59 Å². The number of carbonyl (C=O) groups excluding carboxylic acids is 2. The van der Waals surface area contributed by atoms with E-state index in [0.29, 0.717) is 37.5 Å². The molecule has 2 aromatic rings. The van der Waals surface area contributed by atoms with Crippen molar-refractivity contribution in [1.82, 2.24) is 9.80 Å². The maximum absolute atomic E-state index is 13.2. The van der Waals surface area contributed by atoms with Gasteiger partial charge in [-0.1, -0.05) is 30.3 Å². The van der Waals surface area contributed by atoms with Gasteiger partial charge in [0.05, 0.1) is 13.2 Å². The van der Waals surface area contributed by atoms with Gasteiger partial charge in [-0.25, -0.2) is 0 Å². The Hall–Kier alpha value is -2.82. The van der Waals surface area contributed by atoms with Gasteiger partial charge in [0.1, 0.15) is 5.75 Å². The molecule has 0 N–H and O–H groups in total. The van der Waals surface area contributed by atoms with E-state index in [4.69, 9.17) is 4.74 Å². The number of carbonyl (C=O) groups is 2. The molecule has 2 saturated heterocycles. The molecule has 5 nitrogen and oxygen atoms in total. The SMILES string of the molecule is COc1ccc(C(=O)N2C[C@H]3CCCC(=O)N(Cc4ccccc4)[C@H]3C2)c(C)c1. The highest BCUT2D eigenvalue weighted by Gasteiger charge is 2.42. The molecule has 2 fully saturated rings. The summed E-state index contributed by atoms with van der Waals surface area (Å²) < 4.78 is 5.26. The number of nitrogens with zero attached hydrogens (tertiary/aromatic N) is 2. The molecule has 2 aromatic carbocycles. The van der Waals surface area contributed by atoms with E-state index in [2.05, 4.69) is 12.1 Å². The molecule has 0 radical (unpaired) electrons. The van der Waals surface area contributed by atoms with Crippen molar-refractivity contribution >= 4 is 11.8 Å². The van der Waals surface area contributed by atoms with Gasteiger partial charge in [-0.15, -0.1) is 0 Å². The molecule has 2 aliphatic rings. The van der Waals surface area contributed by atoms with Crippen LogP contribution in [0.1, 0.15) is 40.7 Å². The van der Waals surface area contributed by atoms with Crippen LogP contribution in [-0.2, 0) is 11.3 Å². The third kappa shape index (κ3) is 4.00. The highest BCUT2D eigenvalue weighted by atomic mass is 16.5. The minimum Gasteiger partial charge on any atom is -0.497 e. The molecule has 29 heavy (non-hydrogen) atoms. The standard InChI is InChI=1S/C24H28N2O3/c1-17-13-20(29-2)11-12-21(17)24(28)25-15-19-9-6-10-23(27)26(22(19)16-25)14-18-7-4-3-5-8-18/h3-5,7-8,11-13,19,22H,6,9-10,14-16H2,1-2H3/t19-,22+/m1/s1. The average molecular weight is 392 g/mol. The van der Waals surface area contributed by atoms with E-state index in [1.807, 2.05) is 53.1 Å². The van der Waals surface area contributed by atoms with Crippen LogP contribution in [0.2, 0.25) is 0 Å². The minimum atomic E-state index is 0.0466. The fourth-order valence-electron chi connectivity index (χ4n) is 4.66. The fourth-order valence-corrected chi connectivity index (χ4v) is 4.66. The molecule has 2 atom stereocenters. The average Bonchev–Trinajstić information content (AvgIpc) is 3.10. The summed E-state index contributed by atoms with van der Waals surface area (Å²) >= 11 is 0. The van der Waals surface area contributed by atoms with Gasteiger partial charge in [0.25, 0.3) is 5.91 Å². The van der Waals surface area contributed by atoms with Crippen LogP contribution < -0.4 is 4.74 Å². The topological polar surface area (TPSA) is 49.9 Å². The Morgan fingerprint density at radius 3 is 2.66 bits per heavy atom. The Morgan fingerprint density at radius 1 is 1.14 bits per heavy atom. The van der Waals surface area contributed by atoms with Crippen LogP contribution in [-0.4, -0.2) is 47.9 Å². The Kier molecular flexibility index (Phi) is 5.56. The fraction of sp³-hybridized carbons (Fsp3) is 0.417. The molecule has 0 saturated carbocycles. The van der Waals surface area contributed by atoms with Gasteiger partial charge in [0, 0.05) is 31.6 Å². The molecule has 5 heteroatoms. The Bertz CT molecular complexity index is 896. The number of hydrogen-bond acceptors (Lipinski definition) is 3. The number of benzene rings is 2. The largest absolute Gasteiger partial charge is 0.497 e. The van der Waals surface area contributed by atoms with Crippen LogP contribution in [0.3, 0.4) is 0 Å². The summed E-state index contributed by atoms with van der Waals surface area (Å²) in [5.74, 6) is 1.35. The Labute approximate surface area is 172 Å². The maximum Gasteiger partial charge on any atom is 0.254 e. The number of aryl methyl sites for hydroxylation is 1. The smallest absolute Gasteiger partial charge is 0.254 e. The monoisotopic (exact) mass is 392 g/mol. The van der Waals surface area contributed by atoms with Crippen molar-refractivity contribution in [3.05, 3.63) is 65.2 Å². The highest BCUT2D eigenvalue weighted by molar-refractivity contribution is 5.96. The third-order valence-corrected chi connectivity index (χ3v) is 6.24. The van der Waals surface area contributed by atoms with Crippen LogP contribution >= 0.6 is 0 Å². The molecule has 2 heterocycles. The van der Waals surface area contributed by atoms with Crippen LogP contribution in [0.25, 0.3) is 0 Å². The molecule has 2 aliphatic heterocycles. The second kappa shape index (κ2) is 8.27. The lowest BCUT2D eigenvalue weighted by Gasteiger charge is -2.30. The minimum absolute atomic E-state index is 0.0466. The number of rotatable bonds is 4. The van der Waals surface area contributed by atoms with Crippen molar-refractivity contribution in [3.63, 3.8) is 0 Å². The lowest BCUT2D eigenvalue weighted by atomic mass is 9.98. The Balaban J connectivity index is 1.55. The lowest BCUT2D eigenvalue weighted by molar-refractivity contribution is -0.133. The van der Waals surface area contributed by atoms with Gasteiger partial charge in [0.15, 0.2) is 0 Å². The first-order valence-electron chi connectivity index (χ1n) is 10.3. The van der Waals surface area contributed by atoms with Gasteiger partial charge < -0.3 is 14.5 Å². The summed E-state index contributed by atoms with van der Waals surface area (Å²) in [5.41, 5.74) is 2.76. The number of methoxy groups -OCH3 is 1. The van der Waals surface area contributed by atoms with E-state index in [1.54, 1.807) is 7.11 Å². The zero-order valence-electron chi connectivity index (χ0n) is 17.1. The number of fused-ring (bicyclic) bond motifs is 1. The van der Waals surface area contributed by atoms with Crippen LogP contribution in [0, 0.1) is 12.8 Å². The first-order valence-corrected chi connectivity index (χ1v) is 10.3. The number of likely N-dealkylation sites (tertiary alicyclic amines) is 2. The maximum atomic E-state index is 13.2. The van der Waals surface area contributed by atoms with Gasteiger partial charge in [0.2, 0.25) is 5.91 Å². The summed E-state index contributed by atoms with van der Waals surface area (Å²) in [7, 11) is 1.63. The predicted octanol–water partition coefficient (Wildman–Crippen LogP) is 3.66. The third-order valence-electron chi connectivity index (χ3n) is 6.24. The van der Waals surface area contributed by atoms with E-state index in [1.165, 1.54) is 0 Å². The lowest BCUT2D eigenvalue weighted by Crippen LogP contribution is -2.43. The van der Waals surface area contributed by atoms with Crippen molar-refractivity contribution in [2.45, 2.75) is 38.8 Å².